The van der Waals surface area contributed by atoms with Crippen LogP contribution in [0.3, 0.4) is 0 Å². The Morgan fingerprint density at radius 1 is 0.900 bits per heavy atom. The van der Waals surface area contributed by atoms with Gasteiger partial charge in [-0.15, -0.1) is 11.3 Å². The van der Waals surface area contributed by atoms with E-state index in [1.165, 1.54) is 11.3 Å². The molecule has 4 aromatic rings. The molecular formula is C23H17F6N5O4S2. The van der Waals surface area contributed by atoms with Gasteiger partial charge < -0.3 is 11.1 Å². The van der Waals surface area contributed by atoms with Crippen molar-refractivity contribution < 1.29 is 36.2 Å². The molecule has 0 amide bonds. The van der Waals surface area contributed by atoms with Crippen LogP contribution in [0.5, 0.6) is 0 Å². The molecule has 0 fully saturated rings. The van der Waals surface area contributed by atoms with E-state index in [0.29, 0.717) is 18.2 Å². The Hall–Kier alpha value is -4.12. The zero-order chi connectivity index (χ0) is 29.8. The first kappa shape index (κ1) is 30.4. The highest BCUT2D eigenvalue weighted by Crippen LogP contribution is 2.36. The molecule has 17 heteroatoms. The molecule has 0 aliphatic carbocycles. The van der Waals surface area contributed by atoms with Crippen molar-refractivity contribution in [3.05, 3.63) is 91.5 Å². The minimum Gasteiger partial charge on any atom is -0.393 e. The summed E-state index contributed by atoms with van der Waals surface area (Å²) in [4.78, 5) is 24.0. The Morgan fingerprint density at radius 2 is 1.48 bits per heavy atom. The third kappa shape index (κ3) is 7.50. The fourth-order valence-electron chi connectivity index (χ4n) is 3.23. The van der Waals surface area contributed by atoms with Crippen LogP contribution < -0.4 is 11.1 Å². The smallest absolute Gasteiger partial charge is 0.393 e. The van der Waals surface area contributed by atoms with Gasteiger partial charge in [0.25, 0.3) is 11.4 Å². The minimum absolute atomic E-state index is 0.0391. The molecular weight excluding hydrogens is 588 g/mol. The highest BCUT2D eigenvalue weighted by molar-refractivity contribution is 8.00. The normalized spacial score (nSPS) is 11.6. The number of nitrogens with zero attached hydrogens (tertiary/aromatic N) is 3. The van der Waals surface area contributed by atoms with Crippen molar-refractivity contribution in [2.24, 2.45) is 0 Å². The van der Waals surface area contributed by atoms with Gasteiger partial charge in [-0.1, -0.05) is 17.8 Å². The molecule has 0 unspecified atom stereocenters. The number of thiazole rings is 1. The minimum atomic E-state index is -4.63. The molecule has 40 heavy (non-hydrogen) atoms. The van der Waals surface area contributed by atoms with E-state index in [2.05, 4.69) is 10.3 Å². The summed E-state index contributed by atoms with van der Waals surface area (Å²) in [6, 6.07) is 10.0. The van der Waals surface area contributed by atoms with Gasteiger partial charge in [-0.3, -0.25) is 20.2 Å². The van der Waals surface area contributed by atoms with Crippen LogP contribution in [-0.2, 0) is 18.9 Å². The molecule has 0 aliphatic heterocycles. The molecule has 0 aliphatic rings. The molecule has 0 saturated carbocycles. The number of aromatic nitrogens is 1. The summed E-state index contributed by atoms with van der Waals surface area (Å²) < 4.78 is 76.4. The lowest BCUT2D eigenvalue weighted by atomic mass is 10.1. The van der Waals surface area contributed by atoms with Gasteiger partial charge in [0.05, 0.1) is 31.2 Å². The average molecular weight is 606 g/mol. The lowest BCUT2D eigenvalue weighted by Crippen LogP contribution is -2.08. The lowest BCUT2D eigenvalue weighted by molar-refractivity contribution is -0.384. The molecule has 1 heterocycles. The monoisotopic (exact) mass is 605 g/mol. The second kappa shape index (κ2) is 12.0. The standard InChI is InChI=1S/C16H12F3N3O2S2.C7H5F3N2O2/c1-25-15-21-12-4-2-9(6-14(12)26-15)8-20-11-5-3-10(16(17,18)19)7-13(11)22(23)24;8-7(9,10)4-1-2-5(11)6(3-4)12(13)14/h2-7,20H,8H2,1H3;1-3H,11H2. The van der Waals surface area contributed by atoms with Crippen LogP contribution in [0.4, 0.5) is 49.1 Å². The number of nitro benzene ring substituents is 2. The Morgan fingerprint density at radius 3 is 2.02 bits per heavy atom. The van der Waals surface area contributed by atoms with Crippen molar-refractivity contribution >= 4 is 56.1 Å². The predicted molar refractivity (Wildman–Crippen MR) is 139 cm³/mol. The summed E-state index contributed by atoms with van der Waals surface area (Å²) in [5.41, 5.74) is 3.11. The number of fused-ring (bicyclic) bond motifs is 1. The largest absolute Gasteiger partial charge is 0.416 e. The van der Waals surface area contributed by atoms with E-state index in [9.17, 15) is 46.6 Å². The Balaban J connectivity index is 0.000000267. The van der Waals surface area contributed by atoms with Gasteiger partial charge in [0.1, 0.15) is 11.4 Å². The highest BCUT2D eigenvalue weighted by Gasteiger charge is 2.33. The summed E-state index contributed by atoms with van der Waals surface area (Å²) in [5, 5.41) is 24.2. The first-order valence-electron chi connectivity index (χ1n) is 10.7. The number of nitrogens with two attached hydrogens (primary N) is 1. The van der Waals surface area contributed by atoms with E-state index in [1.807, 2.05) is 24.5 Å². The predicted octanol–water partition coefficient (Wildman–Crippen LogP) is 7.75. The molecule has 1 aromatic heterocycles. The summed E-state index contributed by atoms with van der Waals surface area (Å²) in [6.45, 7) is 0.245. The fourth-order valence-corrected chi connectivity index (χ4v) is 4.78. The maximum atomic E-state index is 12.7. The number of nitro groups is 2. The highest BCUT2D eigenvalue weighted by atomic mass is 32.2. The summed E-state index contributed by atoms with van der Waals surface area (Å²) >= 11 is 3.08. The van der Waals surface area contributed by atoms with Gasteiger partial charge in [0, 0.05) is 18.7 Å². The number of rotatable bonds is 6. The molecule has 9 nitrogen and oxygen atoms in total. The molecule has 0 atom stereocenters. The quantitative estimate of drug-likeness (QED) is 0.0748. The Labute approximate surface area is 229 Å². The number of anilines is 2. The Kier molecular flexibility index (Phi) is 9.09. The second-order valence-electron chi connectivity index (χ2n) is 7.85. The van der Waals surface area contributed by atoms with Gasteiger partial charge in [-0.05, 0) is 48.2 Å². The van der Waals surface area contributed by atoms with Crippen molar-refractivity contribution in [3.8, 4) is 0 Å². The van der Waals surface area contributed by atoms with E-state index in [-0.39, 0.29) is 17.9 Å². The third-order valence-electron chi connectivity index (χ3n) is 5.17. The van der Waals surface area contributed by atoms with Crippen LogP contribution >= 0.6 is 23.1 Å². The van der Waals surface area contributed by atoms with Crippen LogP contribution in [0.25, 0.3) is 10.2 Å². The maximum absolute atomic E-state index is 12.7. The zero-order valence-corrected chi connectivity index (χ0v) is 21.7. The molecule has 4 rings (SSSR count). The molecule has 0 radical (unpaired) electrons. The number of alkyl halides is 6. The number of benzene rings is 3. The van der Waals surface area contributed by atoms with Crippen molar-refractivity contribution in [1.29, 1.82) is 0 Å². The Bertz CT molecular complexity index is 1560. The number of nitrogen functional groups attached to an aromatic ring is 1. The number of halogens is 6. The molecule has 0 saturated heterocycles. The van der Waals surface area contributed by atoms with E-state index >= 15 is 0 Å². The second-order valence-corrected chi connectivity index (χ2v) is 9.94. The SMILES string of the molecule is CSc1nc2ccc(CNc3ccc(C(F)(F)F)cc3[N+](=O)[O-])cc2s1.Nc1ccc(C(F)(F)F)cc1[N+](=O)[O-]. The summed E-state index contributed by atoms with van der Waals surface area (Å²) in [7, 11) is 0. The fraction of sp³-hybridized carbons (Fsp3) is 0.174. The van der Waals surface area contributed by atoms with Gasteiger partial charge >= 0.3 is 12.4 Å². The van der Waals surface area contributed by atoms with Crippen molar-refractivity contribution in [1.82, 2.24) is 4.98 Å². The topological polar surface area (TPSA) is 137 Å². The average Bonchev–Trinajstić information content (AvgIpc) is 3.29. The molecule has 0 spiro atoms. The summed E-state index contributed by atoms with van der Waals surface area (Å²) in [6.07, 6.45) is -7.29. The van der Waals surface area contributed by atoms with E-state index in [4.69, 9.17) is 5.73 Å². The van der Waals surface area contributed by atoms with Crippen LogP contribution in [-0.4, -0.2) is 21.1 Å². The maximum Gasteiger partial charge on any atom is 0.416 e. The number of hydrogen-bond acceptors (Lipinski definition) is 9. The van der Waals surface area contributed by atoms with Crippen molar-refractivity contribution in [2.75, 3.05) is 17.3 Å². The van der Waals surface area contributed by atoms with Gasteiger partial charge in [-0.25, -0.2) is 4.98 Å². The lowest BCUT2D eigenvalue weighted by Gasteiger charge is -2.10. The van der Waals surface area contributed by atoms with Crippen molar-refractivity contribution in [3.63, 3.8) is 0 Å². The third-order valence-corrected chi connectivity index (χ3v) is 7.17. The molecule has 3 N–H and O–H groups in total. The van der Waals surface area contributed by atoms with Crippen LogP contribution in [0, 0.1) is 20.2 Å². The first-order valence-corrected chi connectivity index (χ1v) is 12.8. The number of thioether (sulfide) groups is 1. The zero-order valence-electron chi connectivity index (χ0n) is 20.0. The van der Waals surface area contributed by atoms with Crippen LogP contribution in [0.15, 0.2) is 58.9 Å². The first-order chi connectivity index (χ1) is 18.6. The van der Waals surface area contributed by atoms with Gasteiger partial charge in [0.15, 0.2) is 4.34 Å². The number of nitrogens with one attached hydrogen (secondary N) is 1. The van der Waals surface area contributed by atoms with Crippen molar-refractivity contribution in [2.45, 2.75) is 23.2 Å². The van der Waals surface area contributed by atoms with E-state index in [1.54, 1.807) is 11.8 Å². The van der Waals surface area contributed by atoms with Crippen LogP contribution in [0.1, 0.15) is 16.7 Å². The van der Waals surface area contributed by atoms with Crippen LogP contribution in [0.2, 0.25) is 0 Å². The van der Waals surface area contributed by atoms with E-state index in [0.717, 1.165) is 38.3 Å². The molecule has 3 aromatic carbocycles. The summed E-state index contributed by atoms with van der Waals surface area (Å²) in [5.74, 6) is 0. The molecule has 212 valence electrons. The van der Waals surface area contributed by atoms with Gasteiger partial charge in [0.2, 0.25) is 0 Å². The number of hydrogen-bond donors (Lipinski definition) is 2. The molecule has 0 bridgehead atoms. The van der Waals surface area contributed by atoms with Gasteiger partial charge in [-0.2, -0.15) is 26.3 Å². The van der Waals surface area contributed by atoms with E-state index < -0.39 is 44.7 Å².